The number of anilines is 1. The third-order valence-corrected chi connectivity index (χ3v) is 9.38. The summed E-state index contributed by atoms with van der Waals surface area (Å²) in [5.41, 5.74) is 4.49. The molecule has 17 heteroatoms. The Labute approximate surface area is 282 Å². The second-order valence-electron chi connectivity index (χ2n) is 12.5. The van der Waals surface area contributed by atoms with Crippen LogP contribution in [0.3, 0.4) is 0 Å². The normalized spacial score (nSPS) is 23.8. The Morgan fingerprint density at radius 3 is 2.35 bits per heavy atom. The van der Waals surface area contributed by atoms with Crippen molar-refractivity contribution in [3.8, 4) is 11.8 Å². The van der Waals surface area contributed by atoms with Crippen molar-refractivity contribution in [2.45, 2.75) is 83.5 Å². The van der Waals surface area contributed by atoms with Crippen LogP contribution in [0.4, 0.5) is 5.82 Å². The molecule has 6 atom stereocenters. The van der Waals surface area contributed by atoms with Gasteiger partial charge in [-0.1, -0.05) is 45.9 Å². The molecule has 49 heavy (non-hydrogen) atoms. The van der Waals surface area contributed by atoms with Gasteiger partial charge in [0.05, 0.1) is 17.5 Å². The quantitative estimate of drug-likeness (QED) is 0.140. The number of nitrogen functional groups attached to an aromatic ring is 1. The van der Waals surface area contributed by atoms with E-state index in [0.29, 0.717) is 5.52 Å². The molecule has 0 radical (unpaired) electrons. The van der Waals surface area contributed by atoms with E-state index in [9.17, 15) is 24.2 Å². The number of rotatable bonds is 14. The second kappa shape index (κ2) is 14.5. The van der Waals surface area contributed by atoms with Crippen LogP contribution in [0.5, 0.6) is 5.75 Å². The molecule has 3 aromatic rings. The number of nitrogens with two attached hydrogens (primary N) is 1. The molecular weight excluding hydrogens is 659 g/mol. The summed E-state index contributed by atoms with van der Waals surface area (Å²) in [6.45, 7) is 6.99. The molecule has 2 unspecified atom stereocenters. The molecule has 16 nitrogen and oxygen atoms in total. The van der Waals surface area contributed by atoms with E-state index in [-0.39, 0.29) is 23.4 Å². The van der Waals surface area contributed by atoms with Gasteiger partial charge in [0.1, 0.15) is 48.5 Å². The fourth-order valence-corrected chi connectivity index (χ4v) is 6.41. The van der Waals surface area contributed by atoms with Gasteiger partial charge in [0.15, 0.2) is 18.0 Å². The van der Waals surface area contributed by atoms with Crippen molar-refractivity contribution in [3.63, 3.8) is 0 Å². The van der Waals surface area contributed by atoms with Crippen LogP contribution in [-0.4, -0.2) is 69.1 Å². The van der Waals surface area contributed by atoms with Crippen molar-refractivity contribution < 1.29 is 46.9 Å². The van der Waals surface area contributed by atoms with Crippen molar-refractivity contribution in [3.05, 3.63) is 54.5 Å². The summed E-state index contributed by atoms with van der Waals surface area (Å²) < 4.78 is 50.9. The van der Waals surface area contributed by atoms with Gasteiger partial charge in [0.2, 0.25) is 5.60 Å². The zero-order chi connectivity index (χ0) is 35.5. The largest absolute Gasteiger partial charge is 0.461 e. The maximum Gasteiger partial charge on any atom is 0.459 e. The number of carbonyl (C=O) groups excluding carboxylic acids is 3. The third-order valence-electron chi connectivity index (χ3n) is 7.75. The van der Waals surface area contributed by atoms with Crippen LogP contribution in [0.15, 0.2) is 48.8 Å². The van der Waals surface area contributed by atoms with E-state index in [4.69, 9.17) is 33.7 Å². The second-order valence-corrected chi connectivity index (χ2v) is 14.2. The monoisotopic (exact) mass is 698 g/mol. The van der Waals surface area contributed by atoms with Crippen LogP contribution in [0.1, 0.15) is 59.3 Å². The Morgan fingerprint density at radius 2 is 1.71 bits per heavy atom. The minimum absolute atomic E-state index is 0.126. The smallest absolute Gasteiger partial charge is 0.459 e. The first-order chi connectivity index (χ1) is 23.3. The number of para-hydroxylation sites is 1. The number of hydrogen-bond acceptors (Lipinski definition) is 14. The highest BCUT2D eigenvalue weighted by Gasteiger charge is 2.62. The van der Waals surface area contributed by atoms with E-state index in [2.05, 4.69) is 15.2 Å². The molecule has 3 heterocycles. The molecule has 1 aromatic carbocycles. The first kappa shape index (κ1) is 35.7. The SMILES string of the molecule is CC(C)C(=O)O[C@H]1[C@H](c2ccc3c(N)ncnn23)O[C@](C#N)(COP(=O)(NC(C)C(=O)OC2CC2)Oc2ccccc2)[C@H]1OC(=O)C(C)C. The van der Waals surface area contributed by atoms with Gasteiger partial charge in [-0.25, -0.2) is 14.1 Å². The van der Waals surface area contributed by atoms with Crippen LogP contribution in [0.25, 0.3) is 5.52 Å². The van der Waals surface area contributed by atoms with Crippen molar-refractivity contribution in [2.75, 3.05) is 12.3 Å². The van der Waals surface area contributed by atoms with Crippen molar-refractivity contribution in [1.82, 2.24) is 19.7 Å². The van der Waals surface area contributed by atoms with E-state index < -0.39 is 74.1 Å². The molecule has 2 fully saturated rings. The lowest BCUT2D eigenvalue weighted by atomic mass is 9.95. The van der Waals surface area contributed by atoms with E-state index >= 15 is 0 Å². The molecular formula is C32H39N6O10P. The van der Waals surface area contributed by atoms with Crippen LogP contribution in [0.2, 0.25) is 0 Å². The van der Waals surface area contributed by atoms with Crippen LogP contribution >= 0.6 is 7.75 Å². The molecule has 1 aliphatic carbocycles. The maximum atomic E-state index is 14.4. The van der Waals surface area contributed by atoms with Crippen LogP contribution in [-0.2, 0) is 42.4 Å². The van der Waals surface area contributed by atoms with Gasteiger partial charge in [-0.2, -0.15) is 15.4 Å². The Hall–Kier alpha value is -4.55. The summed E-state index contributed by atoms with van der Waals surface area (Å²) in [7, 11) is -4.52. The van der Waals surface area contributed by atoms with E-state index in [1.807, 2.05) is 6.07 Å². The van der Waals surface area contributed by atoms with Crippen LogP contribution < -0.4 is 15.3 Å². The molecule has 1 aliphatic heterocycles. The average Bonchev–Trinajstić information content (AvgIpc) is 3.69. The number of nitrogens with zero attached hydrogens (tertiary/aromatic N) is 4. The van der Waals surface area contributed by atoms with E-state index in [1.165, 1.54) is 29.9 Å². The minimum Gasteiger partial charge on any atom is -0.461 e. The van der Waals surface area contributed by atoms with E-state index in [1.54, 1.807) is 58.0 Å². The van der Waals surface area contributed by atoms with Gasteiger partial charge < -0.3 is 29.2 Å². The number of benzene rings is 1. The summed E-state index contributed by atoms with van der Waals surface area (Å²) >= 11 is 0. The lowest BCUT2D eigenvalue weighted by Crippen LogP contribution is -2.50. The number of carbonyl (C=O) groups is 3. The van der Waals surface area contributed by atoms with Gasteiger partial charge in [0.25, 0.3) is 0 Å². The summed E-state index contributed by atoms with van der Waals surface area (Å²) in [4.78, 5) is 42.9. The van der Waals surface area contributed by atoms with Crippen LogP contribution in [0, 0.1) is 23.2 Å². The molecule has 3 N–H and O–H groups in total. The summed E-state index contributed by atoms with van der Waals surface area (Å²) in [6.07, 6.45) is -1.84. The zero-order valence-electron chi connectivity index (χ0n) is 27.7. The highest BCUT2D eigenvalue weighted by molar-refractivity contribution is 7.52. The molecule has 262 valence electrons. The summed E-state index contributed by atoms with van der Waals surface area (Å²) in [5.74, 6) is -3.08. The molecule has 2 aromatic heterocycles. The summed E-state index contributed by atoms with van der Waals surface area (Å²) in [6, 6.07) is 12.1. The number of hydrogen-bond donors (Lipinski definition) is 2. The average molecular weight is 699 g/mol. The van der Waals surface area contributed by atoms with Crippen molar-refractivity contribution in [1.29, 1.82) is 5.26 Å². The molecule has 2 aliphatic rings. The Kier molecular flexibility index (Phi) is 10.6. The minimum atomic E-state index is -4.52. The number of fused-ring (bicyclic) bond motifs is 1. The maximum absolute atomic E-state index is 14.4. The van der Waals surface area contributed by atoms with Gasteiger partial charge in [-0.15, -0.1) is 0 Å². The topological polar surface area (TPSA) is 216 Å². The lowest BCUT2D eigenvalue weighted by molar-refractivity contribution is -0.173. The first-order valence-electron chi connectivity index (χ1n) is 15.8. The van der Waals surface area contributed by atoms with Gasteiger partial charge in [-0.05, 0) is 44.0 Å². The predicted molar refractivity (Wildman–Crippen MR) is 171 cm³/mol. The highest BCUT2D eigenvalue weighted by Crippen LogP contribution is 2.50. The third kappa shape index (κ3) is 8.02. The highest BCUT2D eigenvalue weighted by atomic mass is 31.2. The van der Waals surface area contributed by atoms with Gasteiger partial charge in [-0.3, -0.25) is 18.9 Å². The number of nitrogens with one attached hydrogen (secondary N) is 1. The van der Waals surface area contributed by atoms with Gasteiger partial charge in [0, 0.05) is 0 Å². The number of aromatic nitrogens is 3. The standard InChI is InChI=1S/C32H39N6O10P/c1-18(2)29(39)45-26-25(23-13-14-24-28(34)35-17-36-38(23)24)47-32(15-33,27(26)46-30(40)19(3)4)16-43-49(42,48-22-9-7-6-8-10-22)37-20(5)31(41)44-21-11-12-21/h6-10,13-14,17-21,25-27H,11-12,16H2,1-5H3,(H,37,42)(H2,34,35,36)/t20?,25-,26-,27-,32+,49?/m0/s1. The fourth-order valence-electron chi connectivity index (χ4n) is 4.89. The number of nitriles is 1. The Bertz CT molecular complexity index is 1770. The molecule has 0 amide bonds. The zero-order valence-corrected chi connectivity index (χ0v) is 28.6. The molecule has 0 spiro atoms. The number of esters is 3. The van der Waals surface area contributed by atoms with Crippen molar-refractivity contribution in [2.24, 2.45) is 11.8 Å². The Balaban J connectivity index is 1.55. The lowest BCUT2D eigenvalue weighted by Gasteiger charge is -2.31. The fraction of sp³-hybridized carbons (Fsp3) is 0.500. The molecule has 1 saturated carbocycles. The van der Waals surface area contributed by atoms with Gasteiger partial charge >= 0.3 is 25.7 Å². The molecule has 0 bridgehead atoms. The first-order valence-corrected chi connectivity index (χ1v) is 17.4. The summed E-state index contributed by atoms with van der Waals surface area (Å²) in [5, 5.41) is 17.6. The number of ether oxygens (including phenoxy) is 4. The predicted octanol–water partition coefficient (Wildman–Crippen LogP) is 3.67. The molecule has 5 rings (SSSR count). The van der Waals surface area contributed by atoms with Crippen molar-refractivity contribution >= 4 is 37.0 Å². The Morgan fingerprint density at radius 1 is 1.04 bits per heavy atom. The van der Waals surface area contributed by atoms with E-state index in [0.717, 1.165) is 12.8 Å². The molecule has 1 saturated heterocycles.